The normalized spacial score (nSPS) is 11.8. The summed E-state index contributed by atoms with van der Waals surface area (Å²) in [5.74, 6) is 0. The third-order valence-electron chi connectivity index (χ3n) is 2.40. The van der Waals surface area contributed by atoms with Crippen LogP contribution in [0.2, 0.25) is 0 Å². The largest absolute Gasteiger partial charge is 0.388 e. The molecule has 0 amide bonds. The zero-order chi connectivity index (χ0) is 12.0. The van der Waals surface area contributed by atoms with Crippen LogP contribution >= 0.6 is 0 Å². The van der Waals surface area contributed by atoms with Crippen molar-refractivity contribution in [3.05, 3.63) is 60.2 Å². The number of hydrogen-bond donors (Lipinski definition) is 1. The smallest absolute Gasteiger partial charge is 0.0417 e. The highest BCUT2D eigenvalue weighted by Crippen LogP contribution is 2.26. The van der Waals surface area contributed by atoms with Crippen LogP contribution in [0.4, 0.5) is 5.69 Å². The Morgan fingerprint density at radius 1 is 1.38 bits per heavy atom. The van der Waals surface area contributed by atoms with Gasteiger partial charge in [0, 0.05) is 18.3 Å². The lowest BCUT2D eigenvalue weighted by Gasteiger charge is -2.11. The Morgan fingerprint density at radius 3 is 2.69 bits per heavy atom. The van der Waals surface area contributed by atoms with Gasteiger partial charge in [-0.15, -0.1) is 0 Å². The monoisotopic (exact) mass is 213 g/mol. The minimum Gasteiger partial charge on any atom is -0.388 e. The number of nitrogens with one attached hydrogen (secondary N) is 1. The first-order chi connectivity index (χ1) is 7.72. The summed E-state index contributed by atoms with van der Waals surface area (Å²) >= 11 is 0. The first kappa shape index (κ1) is 12.3. The molecule has 0 atom stereocenters. The standard InChI is InChI=1S/C15H19N/c1-5-7-13(8-6-2)14-11-12(3)9-10-15(14)16-4/h5-11,16H,1H2,2-4H3/b8-6-,13-7+. The predicted molar refractivity (Wildman–Crippen MR) is 73.7 cm³/mol. The molecule has 0 aliphatic heterocycles. The number of benzene rings is 1. The molecule has 0 spiro atoms. The van der Waals surface area contributed by atoms with E-state index < -0.39 is 0 Å². The molecule has 0 saturated heterocycles. The van der Waals surface area contributed by atoms with E-state index in [9.17, 15) is 0 Å². The number of anilines is 1. The summed E-state index contributed by atoms with van der Waals surface area (Å²) in [5.41, 5.74) is 4.77. The van der Waals surface area contributed by atoms with E-state index in [0.717, 1.165) is 5.69 Å². The predicted octanol–water partition coefficient (Wildman–Crippen LogP) is 4.18. The molecule has 0 fully saturated rings. The molecule has 0 radical (unpaired) electrons. The van der Waals surface area contributed by atoms with Gasteiger partial charge in [-0.1, -0.05) is 42.5 Å². The summed E-state index contributed by atoms with van der Waals surface area (Å²) in [6, 6.07) is 6.39. The van der Waals surface area contributed by atoms with Crippen LogP contribution in [0, 0.1) is 6.92 Å². The van der Waals surface area contributed by atoms with Gasteiger partial charge in [-0.2, -0.15) is 0 Å². The second-order valence-electron chi connectivity index (χ2n) is 3.66. The molecule has 84 valence electrons. The van der Waals surface area contributed by atoms with Crippen molar-refractivity contribution in [3.63, 3.8) is 0 Å². The number of hydrogen-bond acceptors (Lipinski definition) is 1. The Kier molecular flexibility index (Phi) is 4.59. The third kappa shape index (κ3) is 2.86. The lowest BCUT2D eigenvalue weighted by Crippen LogP contribution is -1.94. The van der Waals surface area contributed by atoms with Crippen LogP contribution < -0.4 is 5.32 Å². The first-order valence-electron chi connectivity index (χ1n) is 5.47. The Morgan fingerprint density at radius 2 is 2.12 bits per heavy atom. The summed E-state index contributed by atoms with van der Waals surface area (Å²) in [4.78, 5) is 0. The van der Waals surface area contributed by atoms with Gasteiger partial charge in [-0.3, -0.25) is 0 Å². The summed E-state index contributed by atoms with van der Waals surface area (Å²) in [6.07, 6.45) is 7.97. The molecule has 1 nitrogen and oxygen atoms in total. The summed E-state index contributed by atoms with van der Waals surface area (Å²) in [7, 11) is 1.94. The molecule has 0 bridgehead atoms. The fraction of sp³-hybridized carbons (Fsp3) is 0.200. The maximum absolute atomic E-state index is 3.76. The zero-order valence-corrected chi connectivity index (χ0v) is 10.2. The first-order valence-corrected chi connectivity index (χ1v) is 5.47. The van der Waals surface area contributed by atoms with Crippen LogP contribution in [0.1, 0.15) is 18.1 Å². The Balaban J connectivity index is 3.32. The van der Waals surface area contributed by atoms with Gasteiger partial charge < -0.3 is 5.32 Å². The zero-order valence-electron chi connectivity index (χ0n) is 10.2. The molecule has 1 aromatic carbocycles. The van der Waals surface area contributed by atoms with Crippen molar-refractivity contribution < 1.29 is 0 Å². The van der Waals surface area contributed by atoms with Gasteiger partial charge in [0.1, 0.15) is 0 Å². The van der Waals surface area contributed by atoms with Gasteiger partial charge in [0.05, 0.1) is 0 Å². The minimum atomic E-state index is 1.14. The highest BCUT2D eigenvalue weighted by Gasteiger charge is 2.03. The molecule has 16 heavy (non-hydrogen) atoms. The Bertz CT molecular complexity index is 425. The molecule has 0 unspecified atom stereocenters. The fourth-order valence-electron chi connectivity index (χ4n) is 1.66. The van der Waals surface area contributed by atoms with Crippen molar-refractivity contribution in [1.29, 1.82) is 0 Å². The van der Waals surface area contributed by atoms with Crippen molar-refractivity contribution in [2.45, 2.75) is 13.8 Å². The van der Waals surface area contributed by atoms with Gasteiger partial charge in [-0.25, -0.2) is 0 Å². The van der Waals surface area contributed by atoms with Crippen LogP contribution in [-0.4, -0.2) is 7.05 Å². The van der Waals surface area contributed by atoms with Crippen molar-refractivity contribution in [3.8, 4) is 0 Å². The van der Waals surface area contributed by atoms with E-state index in [1.807, 2.05) is 32.2 Å². The van der Waals surface area contributed by atoms with Crippen molar-refractivity contribution in [1.82, 2.24) is 0 Å². The second-order valence-corrected chi connectivity index (χ2v) is 3.66. The highest BCUT2D eigenvalue weighted by atomic mass is 14.8. The van der Waals surface area contributed by atoms with Crippen molar-refractivity contribution in [2.24, 2.45) is 0 Å². The van der Waals surface area contributed by atoms with E-state index in [0.29, 0.717) is 0 Å². The lowest BCUT2D eigenvalue weighted by atomic mass is 10.0. The van der Waals surface area contributed by atoms with Crippen LogP contribution in [0.25, 0.3) is 5.57 Å². The number of aryl methyl sites for hydroxylation is 1. The summed E-state index contributed by atoms with van der Waals surface area (Å²) < 4.78 is 0. The van der Waals surface area contributed by atoms with E-state index in [2.05, 4.69) is 43.1 Å². The molecule has 0 heterocycles. The van der Waals surface area contributed by atoms with E-state index in [1.54, 1.807) is 0 Å². The van der Waals surface area contributed by atoms with Gasteiger partial charge in [0.25, 0.3) is 0 Å². The Hall–Kier alpha value is -1.76. The molecule has 1 heteroatoms. The Labute approximate surface area is 98.2 Å². The molecule has 0 saturated carbocycles. The van der Waals surface area contributed by atoms with E-state index >= 15 is 0 Å². The third-order valence-corrected chi connectivity index (χ3v) is 2.40. The van der Waals surface area contributed by atoms with Crippen LogP contribution in [0.3, 0.4) is 0 Å². The molecule has 1 rings (SSSR count). The molecule has 0 aromatic heterocycles. The molecule has 0 aliphatic rings. The SMILES string of the molecule is C=C/C=C(\C=C/C)c1cc(C)ccc1NC. The van der Waals surface area contributed by atoms with Gasteiger partial charge in [0.15, 0.2) is 0 Å². The molecule has 0 aliphatic carbocycles. The second kappa shape index (κ2) is 5.96. The molecular formula is C15H19N. The van der Waals surface area contributed by atoms with Gasteiger partial charge in [0.2, 0.25) is 0 Å². The van der Waals surface area contributed by atoms with E-state index in [4.69, 9.17) is 0 Å². The van der Waals surface area contributed by atoms with Crippen LogP contribution in [-0.2, 0) is 0 Å². The average Bonchev–Trinajstić information content (AvgIpc) is 2.29. The number of allylic oxidation sites excluding steroid dienone is 5. The maximum atomic E-state index is 3.76. The minimum absolute atomic E-state index is 1.14. The van der Waals surface area contributed by atoms with E-state index in [-0.39, 0.29) is 0 Å². The van der Waals surface area contributed by atoms with Crippen LogP contribution in [0.15, 0.2) is 49.1 Å². The quantitative estimate of drug-likeness (QED) is 0.740. The summed E-state index contributed by atoms with van der Waals surface area (Å²) in [6.45, 7) is 7.88. The summed E-state index contributed by atoms with van der Waals surface area (Å²) in [5, 5.41) is 3.21. The van der Waals surface area contributed by atoms with Gasteiger partial charge >= 0.3 is 0 Å². The van der Waals surface area contributed by atoms with Crippen LogP contribution in [0.5, 0.6) is 0 Å². The lowest BCUT2D eigenvalue weighted by molar-refractivity contribution is 1.41. The molecule has 1 aromatic rings. The number of rotatable bonds is 4. The highest BCUT2D eigenvalue weighted by molar-refractivity contribution is 5.83. The average molecular weight is 213 g/mol. The van der Waals surface area contributed by atoms with Gasteiger partial charge in [-0.05, 0) is 31.6 Å². The molecular weight excluding hydrogens is 194 g/mol. The van der Waals surface area contributed by atoms with Crippen molar-refractivity contribution >= 4 is 11.3 Å². The molecule has 1 N–H and O–H groups in total. The van der Waals surface area contributed by atoms with Crippen molar-refractivity contribution in [2.75, 3.05) is 12.4 Å². The fourth-order valence-corrected chi connectivity index (χ4v) is 1.66. The maximum Gasteiger partial charge on any atom is 0.0417 e. The van der Waals surface area contributed by atoms with E-state index in [1.165, 1.54) is 16.7 Å². The topological polar surface area (TPSA) is 12.0 Å².